The number of anilines is 1. The molecule has 5 nitrogen and oxygen atoms in total. The number of allylic oxidation sites excluding steroid dienone is 1. The third kappa shape index (κ3) is 8.67. The molecule has 1 aliphatic heterocycles. The van der Waals surface area contributed by atoms with Gasteiger partial charge in [-0.2, -0.15) is 0 Å². The van der Waals surface area contributed by atoms with Gasteiger partial charge in [-0.1, -0.05) is 67.7 Å². The van der Waals surface area contributed by atoms with Crippen molar-refractivity contribution in [2.45, 2.75) is 50.8 Å². The van der Waals surface area contributed by atoms with Gasteiger partial charge < -0.3 is 15.0 Å². The second-order valence-electron chi connectivity index (χ2n) is 9.51. The molecule has 1 amide bonds. The quantitative estimate of drug-likeness (QED) is 0.134. The van der Waals surface area contributed by atoms with Crippen molar-refractivity contribution >= 4 is 57.5 Å². The predicted molar refractivity (Wildman–Crippen MR) is 166 cm³/mol. The molecule has 0 aliphatic carbocycles. The lowest BCUT2D eigenvalue weighted by Crippen LogP contribution is -2.29. The number of piperidine rings is 1. The Kier molecular flexibility index (Phi) is 11.8. The molecule has 1 aliphatic rings. The number of aliphatic imine (C=N–C) groups is 1. The van der Waals surface area contributed by atoms with E-state index in [0.29, 0.717) is 16.6 Å². The number of likely N-dealkylation sites (tertiary alicyclic amines) is 1. The van der Waals surface area contributed by atoms with Gasteiger partial charge in [0.1, 0.15) is 11.4 Å². The highest BCUT2D eigenvalue weighted by Gasteiger charge is 2.21. The summed E-state index contributed by atoms with van der Waals surface area (Å²) in [6, 6.07) is 14.1. The Morgan fingerprint density at radius 3 is 2.66 bits per heavy atom. The van der Waals surface area contributed by atoms with Crippen molar-refractivity contribution in [1.29, 1.82) is 0 Å². The van der Waals surface area contributed by atoms with E-state index < -0.39 is 0 Å². The van der Waals surface area contributed by atoms with Gasteiger partial charge in [0.25, 0.3) is 0 Å². The van der Waals surface area contributed by atoms with E-state index in [9.17, 15) is 4.79 Å². The molecule has 1 fully saturated rings. The average molecular weight is 572 g/mol. The third-order valence-corrected chi connectivity index (χ3v) is 9.72. The van der Waals surface area contributed by atoms with Crippen LogP contribution in [0.1, 0.15) is 51.5 Å². The van der Waals surface area contributed by atoms with E-state index in [4.69, 9.17) is 21.3 Å². The van der Waals surface area contributed by atoms with Gasteiger partial charge >= 0.3 is 0 Å². The topological polar surface area (TPSA) is 53.9 Å². The van der Waals surface area contributed by atoms with Crippen LogP contribution in [0.3, 0.4) is 0 Å². The van der Waals surface area contributed by atoms with E-state index in [1.807, 2.05) is 31.2 Å². The fourth-order valence-corrected chi connectivity index (χ4v) is 6.58. The highest BCUT2D eigenvalue weighted by molar-refractivity contribution is 8.29. The molecule has 38 heavy (non-hydrogen) atoms. The second kappa shape index (κ2) is 14.8. The Hall–Kier alpha value is -2.19. The van der Waals surface area contributed by atoms with Crippen LogP contribution in [-0.4, -0.2) is 43.1 Å². The maximum Gasteiger partial charge on any atom is 0.247 e. The summed E-state index contributed by atoms with van der Waals surface area (Å²) in [7, 11) is 3.90. The van der Waals surface area contributed by atoms with Gasteiger partial charge in [0, 0.05) is 21.5 Å². The molecule has 1 heterocycles. The molecule has 0 spiro atoms. The highest BCUT2D eigenvalue weighted by Crippen LogP contribution is 2.43. The number of halogens is 1. The second-order valence-corrected chi connectivity index (χ2v) is 12.5. The maximum absolute atomic E-state index is 11.7. The van der Waals surface area contributed by atoms with E-state index in [1.165, 1.54) is 11.6 Å². The summed E-state index contributed by atoms with van der Waals surface area (Å²) in [5.74, 6) is 1.35. The standard InChI is InChI=1S/C30H38ClN3O2S2/c1-7-20(3)29(33-26-13-12-23(18-27(26)36-6)22-14-16-34(5)17-15-22)38-30(21(4)31)37-25-11-9-10-24(19-25)32-28(35)8-2/h8-13,18-20,22H,2,7,14-17H2,1,3-6H3,(H,32,35). The summed E-state index contributed by atoms with van der Waals surface area (Å²) in [5, 5.41) is 4.49. The zero-order valence-electron chi connectivity index (χ0n) is 22.9. The van der Waals surface area contributed by atoms with Crippen LogP contribution in [0.25, 0.3) is 0 Å². The molecule has 3 rings (SSSR count). The van der Waals surface area contributed by atoms with E-state index in [0.717, 1.165) is 58.0 Å². The van der Waals surface area contributed by atoms with Crippen molar-refractivity contribution in [2.24, 2.45) is 10.9 Å². The van der Waals surface area contributed by atoms with Crippen molar-refractivity contribution in [2.75, 3.05) is 32.6 Å². The fraction of sp³-hybridized carbons (Fsp3) is 0.400. The lowest BCUT2D eigenvalue weighted by molar-refractivity contribution is -0.111. The van der Waals surface area contributed by atoms with E-state index in [2.05, 4.69) is 55.9 Å². The minimum absolute atomic E-state index is 0.239. The average Bonchev–Trinajstić information content (AvgIpc) is 2.92. The minimum atomic E-state index is -0.243. The van der Waals surface area contributed by atoms with Gasteiger partial charge in [-0.25, -0.2) is 4.99 Å². The van der Waals surface area contributed by atoms with Crippen LogP contribution in [0, 0.1) is 5.92 Å². The number of benzene rings is 2. The van der Waals surface area contributed by atoms with Crippen LogP contribution >= 0.6 is 35.1 Å². The van der Waals surface area contributed by atoms with Gasteiger partial charge in [-0.3, -0.25) is 4.79 Å². The number of nitrogens with zero attached hydrogens (tertiary/aromatic N) is 2. The molecular formula is C30H38ClN3O2S2. The van der Waals surface area contributed by atoms with Gasteiger partial charge in [-0.15, -0.1) is 0 Å². The number of carbonyl (C=O) groups is 1. The Morgan fingerprint density at radius 1 is 1.29 bits per heavy atom. The third-order valence-electron chi connectivity index (χ3n) is 6.63. The molecule has 2 aromatic rings. The first kappa shape index (κ1) is 30.4. The Labute approximate surface area is 241 Å². The van der Waals surface area contributed by atoms with Gasteiger partial charge in [-0.05, 0) is 94.2 Å². The van der Waals surface area contributed by atoms with Crippen LogP contribution in [0.4, 0.5) is 11.4 Å². The summed E-state index contributed by atoms with van der Waals surface area (Å²) in [4.78, 5) is 20.2. The zero-order chi connectivity index (χ0) is 27.7. The SMILES string of the molecule is C=CC(=O)Nc1cccc(SC(SC(=Nc2ccc(C3CCN(C)CC3)cc2OC)C(C)CC)=C(C)Cl)c1. The monoisotopic (exact) mass is 571 g/mol. The highest BCUT2D eigenvalue weighted by atomic mass is 35.5. The van der Waals surface area contributed by atoms with Crippen LogP contribution in [0.15, 0.2) is 74.3 Å². The molecule has 0 radical (unpaired) electrons. The van der Waals surface area contributed by atoms with Crippen molar-refractivity contribution in [3.63, 3.8) is 0 Å². The Morgan fingerprint density at radius 2 is 2.03 bits per heavy atom. The van der Waals surface area contributed by atoms with E-state index in [1.54, 1.807) is 30.6 Å². The molecule has 8 heteroatoms. The molecule has 0 bridgehead atoms. The number of nitrogens with one attached hydrogen (secondary N) is 1. The normalized spacial score (nSPS) is 16.5. The van der Waals surface area contributed by atoms with Crippen molar-refractivity contribution in [1.82, 2.24) is 4.90 Å². The lowest BCUT2D eigenvalue weighted by Gasteiger charge is -2.29. The van der Waals surface area contributed by atoms with Crippen LogP contribution < -0.4 is 10.1 Å². The van der Waals surface area contributed by atoms with Crippen molar-refractivity contribution in [3.8, 4) is 5.75 Å². The van der Waals surface area contributed by atoms with Gasteiger partial charge in [0.2, 0.25) is 5.91 Å². The molecule has 2 aromatic carbocycles. The summed E-state index contributed by atoms with van der Waals surface area (Å²) in [5.41, 5.74) is 2.86. The number of hydrogen-bond donors (Lipinski definition) is 1. The van der Waals surface area contributed by atoms with Gasteiger partial charge in [0.15, 0.2) is 0 Å². The lowest BCUT2D eigenvalue weighted by atomic mass is 9.89. The molecule has 0 saturated carbocycles. The fourth-order valence-electron chi connectivity index (χ4n) is 4.10. The first-order valence-corrected chi connectivity index (χ1v) is 15.0. The summed E-state index contributed by atoms with van der Waals surface area (Å²) < 4.78 is 6.75. The first-order valence-electron chi connectivity index (χ1n) is 12.9. The predicted octanol–water partition coefficient (Wildman–Crippen LogP) is 8.66. The molecule has 1 unspecified atom stereocenters. The first-order chi connectivity index (χ1) is 18.2. The van der Waals surface area contributed by atoms with Crippen molar-refractivity contribution < 1.29 is 9.53 Å². The number of amides is 1. The van der Waals surface area contributed by atoms with Crippen LogP contribution in [0.5, 0.6) is 5.75 Å². The number of carbonyl (C=O) groups excluding carboxylic acids is 1. The van der Waals surface area contributed by atoms with E-state index in [-0.39, 0.29) is 11.8 Å². The largest absolute Gasteiger partial charge is 0.494 e. The minimum Gasteiger partial charge on any atom is -0.494 e. The summed E-state index contributed by atoms with van der Waals surface area (Å²) >= 11 is 9.74. The Bertz CT molecular complexity index is 1190. The van der Waals surface area contributed by atoms with Crippen LogP contribution in [-0.2, 0) is 4.79 Å². The molecule has 0 aromatic heterocycles. The molecule has 1 saturated heterocycles. The van der Waals surface area contributed by atoms with E-state index >= 15 is 0 Å². The van der Waals surface area contributed by atoms with Gasteiger partial charge in [0.05, 0.1) is 16.4 Å². The molecule has 1 N–H and O–H groups in total. The maximum atomic E-state index is 11.7. The summed E-state index contributed by atoms with van der Waals surface area (Å²) in [6.45, 7) is 12.0. The number of methoxy groups -OCH3 is 1. The zero-order valence-corrected chi connectivity index (χ0v) is 25.3. The smallest absolute Gasteiger partial charge is 0.247 e. The number of hydrogen-bond acceptors (Lipinski definition) is 6. The number of thioether (sulfide) groups is 2. The number of ether oxygens (including phenoxy) is 1. The molecular weight excluding hydrogens is 534 g/mol. The Balaban J connectivity index is 1.86. The molecule has 1 atom stereocenters. The van der Waals surface area contributed by atoms with Crippen LogP contribution in [0.2, 0.25) is 0 Å². The summed E-state index contributed by atoms with van der Waals surface area (Å²) in [6.07, 6.45) is 4.53. The van der Waals surface area contributed by atoms with Crippen molar-refractivity contribution in [3.05, 3.63) is 70.0 Å². The molecule has 204 valence electrons. The number of rotatable bonds is 10.